The van der Waals surface area contributed by atoms with Crippen LogP contribution in [0.4, 0.5) is 0 Å². The number of aliphatic carboxylic acids is 2. The van der Waals surface area contributed by atoms with Crippen LogP contribution in [0.3, 0.4) is 0 Å². The van der Waals surface area contributed by atoms with Gasteiger partial charge >= 0.3 is 11.9 Å². The molecule has 30 heavy (non-hydrogen) atoms. The van der Waals surface area contributed by atoms with E-state index in [0.29, 0.717) is 0 Å². The fourth-order valence-corrected chi connectivity index (χ4v) is 4.80. The number of carboxylic acids is 2. The minimum atomic E-state index is -1.26. The number of carboxylic acid groups (broad SMARTS) is 2. The van der Waals surface area contributed by atoms with Crippen molar-refractivity contribution >= 4 is 48.1 Å². The van der Waals surface area contributed by atoms with Gasteiger partial charge in [0.2, 0.25) is 11.8 Å². The van der Waals surface area contributed by atoms with Crippen molar-refractivity contribution in [2.45, 2.75) is 48.5 Å². The van der Waals surface area contributed by atoms with Crippen molar-refractivity contribution < 1.29 is 29.4 Å². The van der Waals surface area contributed by atoms with Gasteiger partial charge < -0.3 is 20.8 Å². The van der Waals surface area contributed by atoms with Gasteiger partial charge in [0, 0.05) is 10.5 Å². The third-order valence-electron chi connectivity index (χ3n) is 4.61. The average Bonchev–Trinajstić information content (AvgIpc) is 2.99. The fourth-order valence-electron chi connectivity index (χ4n) is 3.06. The number of nitrogens with one attached hydrogen (secondary N) is 3. The predicted octanol–water partition coefficient (Wildman–Crippen LogP) is 0.107. The van der Waals surface area contributed by atoms with Gasteiger partial charge in [0.15, 0.2) is 0 Å². The highest BCUT2D eigenvalue weighted by atomic mass is 32.2. The number of rotatable bonds is 9. The summed E-state index contributed by atoms with van der Waals surface area (Å²) in [6.45, 7) is 3.44. The van der Waals surface area contributed by atoms with Crippen molar-refractivity contribution in [2.24, 2.45) is 0 Å². The van der Waals surface area contributed by atoms with E-state index in [9.17, 15) is 29.4 Å². The van der Waals surface area contributed by atoms with Gasteiger partial charge in [0.25, 0.3) is 0 Å². The maximum Gasteiger partial charge on any atom is 0.327 e. The zero-order chi connectivity index (χ0) is 22.5. The zero-order valence-electron chi connectivity index (χ0n) is 16.5. The van der Waals surface area contributed by atoms with E-state index in [0.717, 1.165) is 5.56 Å². The molecule has 1 saturated heterocycles. The Labute approximate surface area is 183 Å². The number of hydrogen-bond donors (Lipinski definition) is 6. The first-order valence-corrected chi connectivity index (χ1v) is 10.7. The van der Waals surface area contributed by atoms with Crippen molar-refractivity contribution in [2.75, 3.05) is 5.75 Å². The second-order valence-corrected chi connectivity index (χ2v) is 9.53. The Morgan fingerprint density at radius 2 is 1.80 bits per heavy atom. The SMILES string of the molecule is CC1(C)SC(C(NC(=O)Cc2ccccc2)C(=O)NC(CS)C(=O)O)NC1C(=O)O. The Morgan fingerprint density at radius 3 is 2.30 bits per heavy atom. The maximum atomic E-state index is 12.9. The van der Waals surface area contributed by atoms with Crippen LogP contribution in [0.15, 0.2) is 30.3 Å². The summed E-state index contributed by atoms with van der Waals surface area (Å²) in [5.74, 6) is -3.66. The molecule has 2 amide bonds. The van der Waals surface area contributed by atoms with Gasteiger partial charge in [0.05, 0.1) is 11.8 Å². The summed E-state index contributed by atoms with van der Waals surface area (Å²) in [5, 5.41) is 25.7. The summed E-state index contributed by atoms with van der Waals surface area (Å²) >= 11 is 5.13. The first kappa shape index (κ1) is 24.0. The van der Waals surface area contributed by atoms with E-state index in [4.69, 9.17) is 0 Å². The van der Waals surface area contributed by atoms with Crippen LogP contribution in [0.25, 0.3) is 0 Å². The molecule has 0 saturated carbocycles. The minimum absolute atomic E-state index is 0.0166. The van der Waals surface area contributed by atoms with Crippen LogP contribution in [0.1, 0.15) is 19.4 Å². The molecule has 5 N–H and O–H groups in total. The van der Waals surface area contributed by atoms with E-state index in [2.05, 4.69) is 28.6 Å². The topological polar surface area (TPSA) is 145 Å². The van der Waals surface area contributed by atoms with Gasteiger partial charge in [0.1, 0.15) is 18.1 Å². The van der Waals surface area contributed by atoms with E-state index in [1.165, 1.54) is 11.8 Å². The quantitative estimate of drug-likeness (QED) is 0.288. The Hall–Kier alpha value is -2.24. The van der Waals surface area contributed by atoms with Crippen LogP contribution in [-0.4, -0.2) is 68.0 Å². The molecule has 9 nitrogen and oxygen atoms in total. The van der Waals surface area contributed by atoms with Gasteiger partial charge in [-0.3, -0.25) is 19.7 Å². The number of hydrogen-bond acceptors (Lipinski definition) is 7. The van der Waals surface area contributed by atoms with Crippen molar-refractivity contribution in [1.29, 1.82) is 0 Å². The van der Waals surface area contributed by atoms with Crippen molar-refractivity contribution in [3.8, 4) is 0 Å². The zero-order valence-corrected chi connectivity index (χ0v) is 18.2. The molecule has 4 unspecified atom stereocenters. The Balaban J connectivity index is 2.21. The summed E-state index contributed by atoms with van der Waals surface area (Å²) in [5.41, 5.74) is 0.740. The first-order chi connectivity index (χ1) is 14.0. The summed E-state index contributed by atoms with van der Waals surface area (Å²) < 4.78 is -0.755. The number of carbonyl (C=O) groups is 4. The van der Waals surface area contributed by atoms with Crippen LogP contribution in [0, 0.1) is 0 Å². The van der Waals surface area contributed by atoms with Gasteiger partial charge in [-0.1, -0.05) is 30.3 Å². The van der Waals surface area contributed by atoms with Crippen molar-refractivity contribution in [3.63, 3.8) is 0 Å². The van der Waals surface area contributed by atoms with Crippen molar-refractivity contribution in [1.82, 2.24) is 16.0 Å². The first-order valence-electron chi connectivity index (χ1n) is 9.19. The predicted molar refractivity (Wildman–Crippen MR) is 116 cm³/mol. The number of carbonyl (C=O) groups excluding carboxylic acids is 2. The third-order valence-corrected chi connectivity index (χ3v) is 6.48. The number of amides is 2. The summed E-state index contributed by atoms with van der Waals surface area (Å²) in [6.07, 6.45) is 0.0166. The molecule has 0 spiro atoms. The van der Waals surface area contributed by atoms with Crippen LogP contribution in [-0.2, 0) is 25.6 Å². The summed E-state index contributed by atoms with van der Waals surface area (Å²) in [6, 6.07) is 5.53. The van der Waals surface area contributed by atoms with Gasteiger partial charge in [-0.15, -0.1) is 11.8 Å². The van der Waals surface area contributed by atoms with Crippen LogP contribution >= 0.6 is 24.4 Å². The third kappa shape index (κ3) is 6.13. The molecular weight excluding hydrogens is 430 g/mol. The highest BCUT2D eigenvalue weighted by Crippen LogP contribution is 2.39. The lowest BCUT2D eigenvalue weighted by molar-refractivity contribution is -0.141. The van der Waals surface area contributed by atoms with Gasteiger partial charge in [-0.25, -0.2) is 4.79 Å². The standard InChI is InChI=1S/C19H25N3O6S2/c1-19(2)14(18(27)28)22-16(30-19)13(15(24)20-11(9-29)17(25)26)21-12(23)8-10-6-4-3-5-7-10/h3-7,11,13-14,16,22,29H,8-9H2,1-2H3,(H,20,24)(H,21,23)(H,25,26)(H,27,28). The second kappa shape index (κ2) is 10.2. The van der Waals surface area contributed by atoms with E-state index in [-0.39, 0.29) is 12.2 Å². The average molecular weight is 456 g/mol. The molecule has 1 heterocycles. The lowest BCUT2D eigenvalue weighted by atomic mass is 10.0. The maximum absolute atomic E-state index is 12.9. The van der Waals surface area contributed by atoms with Crippen LogP contribution in [0.5, 0.6) is 0 Å². The monoisotopic (exact) mass is 455 g/mol. The largest absolute Gasteiger partial charge is 0.480 e. The molecule has 2 rings (SSSR count). The molecule has 0 aliphatic carbocycles. The number of thioether (sulfide) groups is 1. The molecule has 11 heteroatoms. The normalized spacial score (nSPS) is 22.0. The van der Waals surface area contributed by atoms with E-state index >= 15 is 0 Å². The highest BCUT2D eigenvalue weighted by Gasteiger charge is 2.49. The molecule has 0 radical (unpaired) electrons. The lowest BCUT2D eigenvalue weighted by Gasteiger charge is -2.26. The molecule has 1 aromatic carbocycles. The molecular formula is C19H25N3O6S2. The summed E-state index contributed by atoms with van der Waals surface area (Å²) in [4.78, 5) is 48.3. The molecule has 164 valence electrons. The smallest absolute Gasteiger partial charge is 0.327 e. The lowest BCUT2D eigenvalue weighted by Crippen LogP contribution is -2.59. The van der Waals surface area contributed by atoms with E-state index < -0.39 is 52.0 Å². The number of thiol groups is 1. The molecule has 1 aliphatic heterocycles. The molecule has 1 fully saturated rings. The summed E-state index contributed by atoms with van der Waals surface area (Å²) in [7, 11) is 0. The van der Waals surface area contributed by atoms with E-state index in [1.807, 2.05) is 6.07 Å². The number of benzene rings is 1. The minimum Gasteiger partial charge on any atom is -0.480 e. The van der Waals surface area contributed by atoms with E-state index in [1.54, 1.807) is 38.1 Å². The second-order valence-electron chi connectivity index (χ2n) is 7.37. The molecule has 1 aliphatic rings. The molecule has 0 bridgehead atoms. The molecule has 4 atom stereocenters. The molecule has 1 aromatic rings. The van der Waals surface area contributed by atoms with Crippen molar-refractivity contribution in [3.05, 3.63) is 35.9 Å². The molecule has 0 aromatic heterocycles. The van der Waals surface area contributed by atoms with Gasteiger partial charge in [-0.05, 0) is 19.4 Å². The van der Waals surface area contributed by atoms with Crippen LogP contribution < -0.4 is 16.0 Å². The highest BCUT2D eigenvalue weighted by molar-refractivity contribution is 8.01. The Morgan fingerprint density at radius 1 is 1.17 bits per heavy atom. The Kier molecular flexibility index (Phi) is 8.16. The Bertz CT molecular complexity index is 805. The van der Waals surface area contributed by atoms with Crippen LogP contribution in [0.2, 0.25) is 0 Å². The fraction of sp³-hybridized carbons (Fsp3) is 0.474. The van der Waals surface area contributed by atoms with Gasteiger partial charge in [-0.2, -0.15) is 12.6 Å².